The van der Waals surface area contributed by atoms with Crippen LogP contribution >= 0.6 is 0 Å². The summed E-state index contributed by atoms with van der Waals surface area (Å²) in [7, 11) is 0. The first-order valence-electron chi connectivity index (χ1n) is 5.03. The molecule has 0 N–H and O–H groups in total. The van der Waals surface area contributed by atoms with Gasteiger partial charge in [0, 0.05) is 6.08 Å². The van der Waals surface area contributed by atoms with Crippen molar-refractivity contribution in [3.63, 3.8) is 0 Å². The van der Waals surface area contributed by atoms with Crippen molar-refractivity contribution in [2.75, 3.05) is 6.61 Å². The van der Waals surface area contributed by atoms with Gasteiger partial charge in [0.05, 0.1) is 18.2 Å². The first-order chi connectivity index (χ1) is 7.67. The summed E-state index contributed by atoms with van der Waals surface area (Å²) in [4.78, 5) is 11.2. The minimum Gasteiger partial charge on any atom is -0.463 e. The first-order valence-corrected chi connectivity index (χ1v) is 5.03. The van der Waals surface area contributed by atoms with Gasteiger partial charge in [0.2, 0.25) is 0 Å². The Hall–Kier alpha value is -2.08. The Kier molecular flexibility index (Phi) is 4.28. The molecule has 1 aromatic rings. The predicted molar refractivity (Wildman–Crippen MR) is 61.4 cm³/mol. The lowest BCUT2D eigenvalue weighted by molar-refractivity contribution is -0.137. The highest BCUT2D eigenvalue weighted by Crippen LogP contribution is 2.14. The van der Waals surface area contributed by atoms with Crippen LogP contribution in [0.4, 0.5) is 0 Å². The van der Waals surface area contributed by atoms with E-state index in [1.165, 1.54) is 6.08 Å². The highest BCUT2D eigenvalue weighted by Gasteiger charge is 2.00. The molecule has 82 valence electrons. The number of rotatable bonds is 3. The van der Waals surface area contributed by atoms with Gasteiger partial charge >= 0.3 is 5.97 Å². The van der Waals surface area contributed by atoms with E-state index in [9.17, 15) is 4.79 Å². The van der Waals surface area contributed by atoms with Gasteiger partial charge in [-0.15, -0.1) is 0 Å². The molecule has 3 heteroatoms. The van der Waals surface area contributed by atoms with Crippen LogP contribution < -0.4 is 0 Å². The molecule has 1 rings (SSSR count). The molecule has 16 heavy (non-hydrogen) atoms. The van der Waals surface area contributed by atoms with Gasteiger partial charge < -0.3 is 4.74 Å². The average Bonchev–Trinajstić information content (AvgIpc) is 2.29. The van der Waals surface area contributed by atoms with Crippen molar-refractivity contribution in [3.8, 4) is 6.07 Å². The van der Waals surface area contributed by atoms with E-state index in [-0.39, 0.29) is 5.97 Å². The van der Waals surface area contributed by atoms with Gasteiger partial charge in [-0.1, -0.05) is 12.1 Å². The number of carbonyl (C=O) groups excluding carboxylic acids is 1. The summed E-state index contributed by atoms with van der Waals surface area (Å²) in [6.45, 7) is 3.97. The molecule has 0 bridgehead atoms. The molecule has 1 aromatic carbocycles. The Labute approximate surface area is 95.0 Å². The Balaban J connectivity index is 2.84. The van der Waals surface area contributed by atoms with Gasteiger partial charge in [0.1, 0.15) is 0 Å². The molecule has 0 spiro atoms. The second kappa shape index (κ2) is 5.72. The second-order valence-corrected chi connectivity index (χ2v) is 3.27. The van der Waals surface area contributed by atoms with Crippen LogP contribution in [0.5, 0.6) is 0 Å². The number of hydrogen-bond donors (Lipinski definition) is 0. The molecule has 0 aliphatic rings. The van der Waals surface area contributed by atoms with Crippen LogP contribution in [0.25, 0.3) is 5.57 Å². The molecule has 0 radical (unpaired) electrons. The van der Waals surface area contributed by atoms with Gasteiger partial charge in [-0.25, -0.2) is 4.79 Å². The molecule has 3 nitrogen and oxygen atoms in total. The van der Waals surface area contributed by atoms with Gasteiger partial charge in [0.25, 0.3) is 0 Å². The van der Waals surface area contributed by atoms with Crippen LogP contribution in [0.15, 0.2) is 30.3 Å². The normalized spacial score (nSPS) is 10.7. The zero-order valence-electron chi connectivity index (χ0n) is 9.36. The zero-order chi connectivity index (χ0) is 12.0. The Morgan fingerprint density at radius 1 is 1.44 bits per heavy atom. The Morgan fingerprint density at radius 2 is 2.06 bits per heavy atom. The summed E-state index contributed by atoms with van der Waals surface area (Å²) in [5.74, 6) is -0.343. The van der Waals surface area contributed by atoms with Crippen LogP contribution in [0, 0.1) is 11.3 Å². The summed E-state index contributed by atoms with van der Waals surface area (Å²) in [5, 5.41) is 8.64. The van der Waals surface area contributed by atoms with Crippen molar-refractivity contribution >= 4 is 11.5 Å². The second-order valence-electron chi connectivity index (χ2n) is 3.27. The van der Waals surface area contributed by atoms with Gasteiger partial charge in [-0.3, -0.25) is 0 Å². The number of allylic oxidation sites excluding steroid dienone is 1. The van der Waals surface area contributed by atoms with E-state index in [0.29, 0.717) is 12.2 Å². The van der Waals surface area contributed by atoms with Crippen molar-refractivity contribution in [1.29, 1.82) is 5.26 Å². The summed E-state index contributed by atoms with van der Waals surface area (Å²) < 4.78 is 4.81. The molecular weight excluding hydrogens is 202 g/mol. The largest absolute Gasteiger partial charge is 0.463 e. The van der Waals surface area contributed by atoms with Crippen LogP contribution in [-0.4, -0.2) is 12.6 Å². The van der Waals surface area contributed by atoms with Crippen LogP contribution in [0.2, 0.25) is 0 Å². The maximum absolute atomic E-state index is 11.2. The van der Waals surface area contributed by atoms with E-state index in [1.807, 2.05) is 25.1 Å². The highest BCUT2D eigenvalue weighted by atomic mass is 16.5. The SMILES string of the molecule is CCOC(=O)/C=C(\C)c1ccc(C#N)cc1. The molecule has 0 heterocycles. The number of esters is 1. The molecule has 0 aromatic heterocycles. The third kappa shape index (κ3) is 3.25. The van der Waals surface area contributed by atoms with E-state index in [0.717, 1.165) is 11.1 Å². The lowest BCUT2D eigenvalue weighted by atomic mass is 10.1. The lowest BCUT2D eigenvalue weighted by Crippen LogP contribution is -2.00. The quantitative estimate of drug-likeness (QED) is 0.575. The number of ether oxygens (including phenoxy) is 1. The fourth-order valence-corrected chi connectivity index (χ4v) is 1.25. The molecule has 0 aliphatic heterocycles. The van der Waals surface area contributed by atoms with E-state index in [4.69, 9.17) is 10.00 Å². The molecular formula is C13H13NO2. The number of nitriles is 1. The third-order valence-electron chi connectivity index (χ3n) is 2.09. The fourth-order valence-electron chi connectivity index (χ4n) is 1.25. The molecule has 0 saturated heterocycles. The van der Waals surface area contributed by atoms with Crippen LogP contribution in [0.3, 0.4) is 0 Å². The predicted octanol–water partition coefficient (Wildman–Crippen LogP) is 2.52. The zero-order valence-corrected chi connectivity index (χ0v) is 9.36. The first kappa shape index (κ1) is 12.0. The minimum absolute atomic E-state index is 0.343. The summed E-state index contributed by atoms with van der Waals surface area (Å²) in [6.07, 6.45) is 1.45. The number of nitrogens with zero attached hydrogens (tertiary/aromatic N) is 1. The highest BCUT2D eigenvalue weighted by molar-refractivity contribution is 5.90. The maximum atomic E-state index is 11.2. The van der Waals surface area contributed by atoms with Gasteiger partial charge in [-0.05, 0) is 37.1 Å². The van der Waals surface area contributed by atoms with Crippen molar-refractivity contribution in [2.45, 2.75) is 13.8 Å². The van der Waals surface area contributed by atoms with E-state index < -0.39 is 0 Å². The molecule has 0 saturated carbocycles. The van der Waals surface area contributed by atoms with Crippen LogP contribution in [0.1, 0.15) is 25.0 Å². The fraction of sp³-hybridized carbons (Fsp3) is 0.231. The molecule has 0 aliphatic carbocycles. The van der Waals surface area contributed by atoms with Gasteiger partial charge in [0.15, 0.2) is 0 Å². The topological polar surface area (TPSA) is 50.1 Å². The minimum atomic E-state index is -0.343. The molecule has 0 unspecified atom stereocenters. The Morgan fingerprint density at radius 3 is 2.56 bits per heavy atom. The number of hydrogen-bond acceptors (Lipinski definition) is 3. The third-order valence-corrected chi connectivity index (χ3v) is 2.09. The van der Waals surface area contributed by atoms with E-state index in [2.05, 4.69) is 0 Å². The summed E-state index contributed by atoms with van der Waals surface area (Å²) >= 11 is 0. The van der Waals surface area contributed by atoms with E-state index >= 15 is 0 Å². The molecule has 0 fully saturated rings. The average molecular weight is 215 g/mol. The molecule has 0 amide bonds. The van der Waals surface area contributed by atoms with Gasteiger partial charge in [-0.2, -0.15) is 5.26 Å². The smallest absolute Gasteiger partial charge is 0.331 e. The van der Waals surface area contributed by atoms with Crippen molar-refractivity contribution in [1.82, 2.24) is 0 Å². The number of carbonyl (C=O) groups is 1. The standard InChI is InChI=1S/C13H13NO2/c1-3-16-13(15)8-10(2)12-6-4-11(9-14)5-7-12/h4-8H,3H2,1-2H3/b10-8+. The van der Waals surface area contributed by atoms with Crippen LogP contribution in [-0.2, 0) is 9.53 Å². The van der Waals surface area contributed by atoms with E-state index in [1.54, 1.807) is 19.1 Å². The van der Waals surface area contributed by atoms with Crippen molar-refractivity contribution < 1.29 is 9.53 Å². The van der Waals surface area contributed by atoms with Crippen molar-refractivity contribution in [3.05, 3.63) is 41.5 Å². The summed E-state index contributed by atoms with van der Waals surface area (Å²) in [6, 6.07) is 9.10. The summed E-state index contributed by atoms with van der Waals surface area (Å²) in [5.41, 5.74) is 2.34. The van der Waals surface area contributed by atoms with Crippen molar-refractivity contribution in [2.24, 2.45) is 0 Å². The Bertz CT molecular complexity index is 438. The number of benzene rings is 1. The monoisotopic (exact) mass is 215 g/mol. The lowest BCUT2D eigenvalue weighted by Gasteiger charge is -2.01. The molecule has 0 atom stereocenters. The maximum Gasteiger partial charge on any atom is 0.331 e.